The molecule has 4 nitrogen and oxygen atoms in total. The molecule has 0 saturated heterocycles. The van der Waals surface area contributed by atoms with E-state index in [0.29, 0.717) is 12.5 Å². The first-order chi connectivity index (χ1) is 8.74. The molecule has 2 aromatic rings. The zero-order valence-corrected chi connectivity index (χ0v) is 9.88. The second-order valence-corrected chi connectivity index (χ2v) is 3.86. The van der Waals surface area contributed by atoms with Crippen molar-refractivity contribution in [2.45, 2.75) is 6.54 Å². The van der Waals surface area contributed by atoms with Crippen LogP contribution >= 0.6 is 0 Å². The molecule has 0 spiro atoms. The van der Waals surface area contributed by atoms with Gasteiger partial charge in [0.1, 0.15) is 5.75 Å². The maximum absolute atomic E-state index is 9.16. The zero-order chi connectivity index (χ0) is 12.8. The van der Waals surface area contributed by atoms with E-state index in [4.69, 9.17) is 10.8 Å². The molecular formula is C14H15N3O. The molecule has 4 heteroatoms. The summed E-state index contributed by atoms with van der Waals surface area (Å²) in [6, 6.07) is 16.5. The van der Waals surface area contributed by atoms with Gasteiger partial charge in [-0.25, -0.2) is 4.99 Å². The number of para-hydroxylation sites is 1. The van der Waals surface area contributed by atoms with Gasteiger partial charge in [-0.15, -0.1) is 0 Å². The fraction of sp³-hybridized carbons (Fsp3) is 0.0714. The average molecular weight is 241 g/mol. The number of guanidine groups is 1. The SMILES string of the molecule is NC(=NCc1ccc(O)cc1)Nc1ccccc1. The van der Waals surface area contributed by atoms with Crippen LogP contribution < -0.4 is 11.1 Å². The second kappa shape index (κ2) is 5.72. The van der Waals surface area contributed by atoms with E-state index in [1.54, 1.807) is 12.1 Å². The van der Waals surface area contributed by atoms with Crippen LogP contribution in [0.2, 0.25) is 0 Å². The van der Waals surface area contributed by atoms with E-state index in [0.717, 1.165) is 11.3 Å². The molecule has 0 aliphatic rings. The fourth-order valence-corrected chi connectivity index (χ4v) is 1.49. The molecule has 0 aliphatic heterocycles. The Morgan fingerprint density at radius 3 is 2.39 bits per heavy atom. The van der Waals surface area contributed by atoms with Crippen LogP contribution in [0.5, 0.6) is 5.75 Å². The molecule has 18 heavy (non-hydrogen) atoms. The van der Waals surface area contributed by atoms with Crippen molar-refractivity contribution in [1.82, 2.24) is 0 Å². The second-order valence-electron chi connectivity index (χ2n) is 3.86. The number of nitrogens with one attached hydrogen (secondary N) is 1. The molecule has 0 saturated carbocycles. The predicted octanol–water partition coefficient (Wildman–Crippen LogP) is 2.32. The van der Waals surface area contributed by atoms with Gasteiger partial charge in [0.15, 0.2) is 5.96 Å². The molecule has 0 bridgehead atoms. The van der Waals surface area contributed by atoms with Crippen LogP contribution in [0, 0.1) is 0 Å². The van der Waals surface area contributed by atoms with Gasteiger partial charge in [-0.05, 0) is 29.8 Å². The van der Waals surface area contributed by atoms with Crippen LogP contribution in [0.1, 0.15) is 5.56 Å². The van der Waals surface area contributed by atoms with Crippen LogP contribution in [0.15, 0.2) is 59.6 Å². The average Bonchev–Trinajstić information content (AvgIpc) is 2.39. The lowest BCUT2D eigenvalue weighted by molar-refractivity contribution is 0.475. The summed E-state index contributed by atoms with van der Waals surface area (Å²) in [6.45, 7) is 0.478. The number of nitrogens with zero attached hydrogens (tertiary/aromatic N) is 1. The number of aromatic hydroxyl groups is 1. The molecule has 92 valence electrons. The van der Waals surface area contributed by atoms with Crippen LogP contribution in [0.3, 0.4) is 0 Å². The number of phenolic OH excluding ortho intramolecular Hbond substituents is 1. The van der Waals surface area contributed by atoms with E-state index < -0.39 is 0 Å². The first kappa shape index (κ1) is 12.0. The number of hydrogen-bond donors (Lipinski definition) is 3. The van der Waals surface area contributed by atoms with Crippen LogP contribution in [-0.4, -0.2) is 11.1 Å². The Balaban J connectivity index is 1.95. The molecule has 4 N–H and O–H groups in total. The lowest BCUT2D eigenvalue weighted by Crippen LogP contribution is -2.22. The number of nitrogens with two attached hydrogens (primary N) is 1. The topological polar surface area (TPSA) is 70.6 Å². The van der Waals surface area contributed by atoms with Crippen LogP contribution in [0.25, 0.3) is 0 Å². The highest BCUT2D eigenvalue weighted by atomic mass is 16.3. The number of hydrogen-bond acceptors (Lipinski definition) is 2. The van der Waals surface area contributed by atoms with E-state index in [1.165, 1.54) is 0 Å². The highest BCUT2D eigenvalue weighted by molar-refractivity contribution is 5.92. The summed E-state index contributed by atoms with van der Waals surface area (Å²) < 4.78 is 0. The van der Waals surface area contributed by atoms with Crippen molar-refractivity contribution >= 4 is 11.6 Å². The minimum atomic E-state index is 0.248. The number of aliphatic imine (C=N–C) groups is 1. The molecule has 2 aromatic carbocycles. The minimum absolute atomic E-state index is 0.248. The summed E-state index contributed by atoms with van der Waals surface area (Å²) in [5.74, 6) is 0.618. The maximum Gasteiger partial charge on any atom is 0.193 e. The minimum Gasteiger partial charge on any atom is -0.508 e. The lowest BCUT2D eigenvalue weighted by Gasteiger charge is -2.05. The van der Waals surface area contributed by atoms with Crippen molar-refractivity contribution in [2.75, 3.05) is 5.32 Å². The molecule has 0 aromatic heterocycles. The van der Waals surface area contributed by atoms with Gasteiger partial charge in [-0.3, -0.25) is 0 Å². The van der Waals surface area contributed by atoms with Crippen molar-refractivity contribution in [1.29, 1.82) is 0 Å². The normalized spacial score (nSPS) is 11.2. The molecule has 0 atom stereocenters. The van der Waals surface area contributed by atoms with Crippen molar-refractivity contribution in [3.05, 3.63) is 60.2 Å². The Kier molecular flexibility index (Phi) is 3.81. The molecule has 0 heterocycles. The van der Waals surface area contributed by atoms with Crippen molar-refractivity contribution in [3.63, 3.8) is 0 Å². The largest absolute Gasteiger partial charge is 0.508 e. The van der Waals surface area contributed by atoms with Gasteiger partial charge < -0.3 is 16.2 Å². The Hall–Kier alpha value is -2.49. The zero-order valence-electron chi connectivity index (χ0n) is 9.88. The number of benzene rings is 2. The van der Waals surface area contributed by atoms with E-state index >= 15 is 0 Å². The number of rotatable bonds is 3. The maximum atomic E-state index is 9.16. The van der Waals surface area contributed by atoms with Gasteiger partial charge in [0.2, 0.25) is 0 Å². The molecule has 0 amide bonds. The number of phenols is 1. The van der Waals surface area contributed by atoms with Crippen LogP contribution in [0.4, 0.5) is 5.69 Å². The summed E-state index contributed by atoms with van der Waals surface area (Å²) in [5.41, 5.74) is 7.67. The Morgan fingerprint density at radius 1 is 1.06 bits per heavy atom. The lowest BCUT2D eigenvalue weighted by atomic mass is 10.2. The van der Waals surface area contributed by atoms with E-state index in [-0.39, 0.29) is 5.75 Å². The Bertz CT molecular complexity index is 520. The van der Waals surface area contributed by atoms with Gasteiger partial charge in [0.25, 0.3) is 0 Å². The standard InChI is InChI=1S/C14H15N3O/c15-14(17-12-4-2-1-3-5-12)16-10-11-6-8-13(18)9-7-11/h1-9,18H,10H2,(H3,15,16,17). The van der Waals surface area contributed by atoms with E-state index in [9.17, 15) is 0 Å². The van der Waals surface area contributed by atoms with Gasteiger partial charge in [0.05, 0.1) is 6.54 Å². The molecule has 2 rings (SSSR count). The first-order valence-electron chi connectivity index (χ1n) is 5.64. The quantitative estimate of drug-likeness (QED) is 0.570. The summed E-state index contributed by atoms with van der Waals surface area (Å²) in [4.78, 5) is 4.22. The van der Waals surface area contributed by atoms with Crippen molar-refractivity contribution in [2.24, 2.45) is 10.7 Å². The van der Waals surface area contributed by atoms with Crippen molar-refractivity contribution in [3.8, 4) is 5.75 Å². The van der Waals surface area contributed by atoms with Gasteiger partial charge in [-0.1, -0.05) is 30.3 Å². The van der Waals surface area contributed by atoms with E-state index in [1.807, 2.05) is 42.5 Å². The summed E-state index contributed by atoms with van der Waals surface area (Å²) in [7, 11) is 0. The third-order valence-electron chi connectivity index (χ3n) is 2.41. The van der Waals surface area contributed by atoms with Gasteiger partial charge >= 0.3 is 0 Å². The summed E-state index contributed by atoms with van der Waals surface area (Å²) in [6.07, 6.45) is 0. The van der Waals surface area contributed by atoms with Gasteiger partial charge in [0, 0.05) is 5.69 Å². The highest BCUT2D eigenvalue weighted by Crippen LogP contribution is 2.10. The summed E-state index contributed by atoms with van der Waals surface area (Å²) >= 11 is 0. The molecule has 0 fully saturated rings. The van der Waals surface area contributed by atoms with Gasteiger partial charge in [-0.2, -0.15) is 0 Å². The fourth-order valence-electron chi connectivity index (χ4n) is 1.49. The monoisotopic (exact) mass is 241 g/mol. The number of anilines is 1. The Morgan fingerprint density at radius 2 is 1.72 bits per heavy atom. The Labute approximate surface area is 106 Å². The smallest absolute Gasteiger partial charge is 0.193 e. The highest BCUT2D eigenvalue weighted by Gasteiger charge is 1.95. The molecule has 0 unspecified atom stereocenters. The first-order valence-corrected chi connectivity index (χ1v) is 5.64. The predicted molar refractivity (Wildman–Crippen MR) is 73.5 cm³/mol. The molecule has 0 radical (unpaired) electrons. The van der Waals surface area contributed by atoms with E-state index in [2.05, 4.69) is 10.3 Å². The van der Waals surface area contributed by atoms with Crippen LogP contribution in [-0.2, 0) is 6.54 Å². The van der Waals surface area contributed by atoms with Crippen molar-refractivity contribution < 1.29 is 5.11 Å². The molecular weight excluding hydrogens is 226 g/mol. The third kappa shape index (κ3) is 3.52. The third-order valence-corrected chi connectivity index (χ3v) is 2.41. The summed E-state index contributed by atoms with van der Waals surface area (Å²) in [5, 5.41) is 12.2. The molecule has 0 aliphatic carbocycles.